The van der Waals surface area contributed by atoms with E-state index in [2.05, 4.69) is 41.2 Å². The van der Waals surface area contributed by atoms with E-state index in [4.69, 9.17) is 4.98 Å². The number of H-pyrrole nitrogens is 1. The van der Waals surface area contributed by atoms with Crippen molar-refractivity contribution in [1.82, 2.24) is 19.4 Å². The van der Waals surface area contributed by atoms with Crippen LogP contribution in [0.1, 0.15) is 36.8 Å². The summed E-state index contributed by atoms with van der Waals surface area (Å²) < 4.78 is 2.03. The van der Waals surface area contributed by atoms with Gasteiger partial charge in [-0.05, 0) is 56.0 Å². The zero-order chi connectivity index (χ0) is 17.9. The monoisotopic (exact) mass is 347 g/mol. The Morgan fingerprint density at radius 2 is 2.23 bits per heavy atom. The lowest BCUT2D eigenvalue weighted by Gasteiger charge is -2.32. The number of nitrogens with zero attached hydrogens (tertiary/aromatic N) is 4. The SMILES string of the molecule is CCn1cc(CN2CCC[C@H](Cc3nc4ccccc4[nH]3)C2)cc1C#N. The Kier molecular flexibility index (Phi) is 4.77. The van der Waals surface area contributed by atoms with Gasteiger partial charge in [0.2, 0.25) is 0 Å². The maximum absolute atomic E-state index is 9.24. The lowest BCUT2D eigenvalue weighted by Crippen LogP contribution is -2.35. The molecule has 3 aromatic rings. The number of para-hydroxylation sites is 2. The molecule has 2 aromatic heterocycles. The van der Waals surface area contributed by atoms with Gasteiger partial charge in [0.1, 0.15) is 17.6 Å². The van der Waals surface area contributed by atoms with Gasteiger partial charge in [-0.25, -0.2) is 4.98 Å². The Morgan fingerprint density at radius 3 is 3.00 bits per heavy atom. The van der Waals surface area contributed by atoms with Crippen LogP contribution < -0.4 is 0 Å². The minimum atomic E-state index is 0.632. The van der Waals surface area contributed by atoms with Crippen molar-refractivity contribution in [3.63, 3.8) is 0 Å². The molecule has 0 bridgehead atoms. The first-order valence-corrected chi connectivity index (χ1v) is 9.50. The van der Waals surface area contributed by atoms with Gasteiger partial charge in [-0.3, -0.25) is 4.90 Å². The third-order valence-corrected chi connectivity index (χ3v) is 5.34. The first kappa shape index (κ1) is 16.9. The molecule has 1 saturated heterocycles. The summed E-state index contributed by atoms with van der Waals surface area (Å²) in [4.78, 5) is 10.7. The maximum Gasteiger partial charge on any atom is 0.120 e. The van der Waals surface area contributed by atoms with Gasteiger partial charge in [-0.1, -0.05) is 12.1 Å². The molecule has 1 aliphatic rings. The fourth-order valence-electron chi connectivity index (χ4n) is 4.11. The highest BCUT2D eigenvalue weighted by molar-refractivity contribution is 5.74. The van der Waals surface area contributed by atoms with E-state index >= 15 is 0 Å². The second kappa shape index (κ2) is 7.35. The van der Waals surface area contributed by atoms with Crippen LogP contribution in [0.5, 0.6) is 0 Å². The summed E-state index contributed by atoms with van der Waals surface area (Å²) in [5.41, 5.74) is 4.19. The standard InChI is InChI=1S/C21H25N5/c1-2-26-15-17(10-18(26)12-22)14-25-9-5-6-16(13-25)11-21-23-19-7-3-4-8-20(19)24-21/h3-4,7-8,10,15-16H,2,5-6,9,11,13-14H2,1H3,(H,23,24)/t16-/m1/s1. The molecule has 134 valence electrons. The number of nitrogens with one attached hydrogen (secondary N) is 1. The van der Waals surface area contributed by atoms with Crippen LogP contribution in [-0.4, -0.2) is 32.5 Å². The zero-order valence-corrected chi connectivity index (χ0v) is 15.3. The molecule has 0 saturated carbocycles. The van der Waals surface area contributed by atoms with Crippen molar-refractivity contribution in [2.24, 2.45) is 5.92 Å². The lowest BCUT2D eigenvalue weighted by atomic mass is 9.94. The van der Waals surface area contributed by atoms with Gasteiger partial charge in [-0.2, -0.15) is 5.26 Å². The normalized spacial score (nSPS) is 18.2. The summed E-state index contributed by atoms with van der Waals surface area (Å²) in [6.45, 7) is 6.08. The van der Waals surface area contributed by atoms with Gasteiger partial charge in [-0.15, -0.1) is 0 Å². The average Bonchev–Trinajstić information content (AvgIpc) is 3.24. The third-order valence-electron chi connectivity index (χ3n) is 5.34. The molecule has 4 rings (SSSR count). The summed E-state index contributed by atoms with van der Waals surface area (Å²) in [6, 6.07) is 12.6. The molecular formula is C21H25N5. The number of hydrogen-bond donors (Lipinski definition) is 1. The molecule has 5 heteroatoms. The number of nitriles is 1. The van der Waals surface area contributed by atoms with Crippen molar-refractivity contribution < 1.29 is 0 Å². The van der Waals surface area contributed by atoms with Gasteiger partial charge < -0.3 is 9.55 Å². The topological polar surface area (TPSA) is 60.6 Å². The van der Waals surface area contributed by atoms with Crippen LogP contribution in [-0.2, 0) is 19.5 Å². The van der Waals surface area contributed by atoms with Crippen molar-refractivity contribution in [2.75, 3.05) is 13.1 Å². The van der Waals surface area contributed by atoms with Crippen molar-refractivity contribution in [1.29, 1.82) is 5.26 Å². The second-order valence-electron chi connectivity index (χ2n) is 7.28. The highest BCUT2D eigenvalue weighted by atomic mass is 15.1. The number of aryl methyl sites for hydroxylation is 1. The Balaban J connectivity index is 1.41. The molecule has 1 N–H and O–H groups in total. The van der Waals surface area contributed by atoms with Crippen LogP contribution in [0.3, 0.4) is 0 Å². The molecule has 1 fully saturated rings. The predicted octanol–water partition coefficient (Wildman–Crippen LogP) is 3.71. The largest absolute Gasteiger partial charge is 0.342 e. The molecule has 0 radical (unpaired) electrons. The number of piperidine rings is 1. The molecule has 0 spiro atoms. The lowest BCUT2D eigenvalue weighted by molar-refractivity contribution is 0.166. The highest BCUT2D eigenvalue weighted by Gasteiger charge is 2.22. The van der Waals surface area contributed by atoms with Crippen molar-refractivity contribution >= 4 is 11.0 Å². The highest BCUT2D eigenvalue weighted by Crippen LogP contribution is 2.23. The molecule has 26 heavy (non-hydrogen) atoms. The molecule has 1 aromatic carbocycles. The van der Waals surface area contributed by atoms with Gasteiger partial charge in [0, 0.05) is 32.3 Å². The first-order valence-electron chi connectivity index (χ1n) is 9.50. The third kappa shape index (κ3) is 3.51. The van der Waals surface area contributed by atoms with Crippen LogP contribution in [0.2, 0.25) is 0 Å². The molecule has 1 aliphatic heterocycles. The zero-order valence-electron chi connectivity index (χ0n) is 15.3. The van der Waals surface area contributed by atoms with Crippen molar-refractivity contribution in [2.45, 2.75) is 39.3 Å². The molecule has 3 heterocycles. The summed E-state index contributed by atoms with van der Waals surface area (Å²) in [5.74, 6) is 1.73. The average molecular weight is 347 g/mol. The number of imidazole rings is 1. The summed E-state index contributed by atoms with van der Waals surface area (Å²) in [6.07, 6.45) is 5.61. The smallest absolute Gasteiger partial charge is 0.120 e. The van der Waals surface area contributed by atoms with Gasteiger partial charge in [0.25, 0.3) is 0 Å². The Hall–Kier alpha value is -2.58. The van der Waals surface area contributed by atoms with E-state index in [0.717, 1.165) is 55.2 Å². The Labute approximate surface area is 154 Å². The number of likely N-dealkylation sites (tertiary alicyclic amines) is 1. The number of benzene rings is 1. The van der Waals surface area contributed by atoms with Crippen molar-refractivity contribution in [3.05, 3.63) is 53.6 Å². The minimum absolute atomic E-state index is 0.632. The van der Waals surface area contributed by atoms with E-state index in [-0.39, 0.29) is 0 Å². The molecule has 0 aliphatic carbocycles. The minimum Gasteiger partial charge on any atom is -0.342 e. The van der Waals surface area contributed by atoms with Crippen LogP contribution in [0.15, 0.2) is 36.5 Å². The van der Waals surface area contributed by atoms with Crippen LogP contribution in [0.25, 0.3) is 11.0 Å². The molecule has 0 unspecified atom stereocenters. The fourth-order valence-corrected chi connectivity index (χ4v) is 4.11. The summed E-state index contributed by atoms with van der Waals surface area (Å²) >= 11 is 0. The Bertz CT molecular complexity index is 896. The second-order valence-corrected chi connectivity index (χ2v) is 7.28. The number of hydrogen-bond acceptors (Lipinski definition) is 3. The van der Waals surface area contributed by atoms with Gasteiger partial charge >= 0.3 is 0 Å². The number of aromatic nitrogens is 3. The Morgan fingerprint density at radius 1 is 1.35 bits per heavy atom. The van der Waals surface area contributed by atoms with E-state index in [0.29, 0.717) is 5.92 Å². The molecular weight excluding hydrogens is 322 g/mol. The van der Waals surface area contributed by atoms with Crippen molar-refractivity contribution in [3.8, 4) is 6.07 Å². The first-order chi connectivity index (χ1) is 12.7. The van der Waals surface area contributed by atoms with Crippen LogP contribution in [0, 0.1) is 17.2 Å². The van der Waals surface area contributed by atoms with Crippen LogP contribution >= 0.6 is 0 Å². The van der Waals surface area contributed by atoms with E-state index < -0.39 is 0 Å². The van der Waals surface area contributed by atoms with E-state index in [1.165, 1.54) is 18.4 Å². The summed E-state index contributed by atoms with van der Waals surface area (Å²) in [7, 11) is 0. The summed E-state index contributed by atoms with van der Waals surface area (Å²) in [5, 5.41) is 9.24. The maximum atomic E-state index is 9.24. The fraction of sp³-hybridized carbons (Fsp3) is 0.429. The van der Waals surface area contributed by atoms with E-state index in [1.54, 1.807) is 0 Å². The molecule has 1 atom stereocenters. The van der Waals surface area contributed by atoms with E-state index in [9.17, 15) is 5.26 Å². The number of fused-ring (bicyclic) bond motifs is 1. The molecule has 0 amide bonds. The quantitative estimate of drug-likeness (QED) is 0.765. The van der Waals surface area contributed by atoms with Gasteiger partial charge in [0.15, 0.2) is 0 Å². The molecule has 5 nitrogen and oxygen atoms in total. The predicted molar refractivity (Wildman–Crippen MR) is 103 cm³/mol. The van der Waals surface area contributed by atoms with E-state index in [1.807, 2.05) is 22.8 Å². The van der Waals surface area contributed by atoms with Gasteiger partial charge in [0.05, 0.1) is 11.0 Å². The van der Waals surface area contributed by atoms with Crippen LogP contribution in [0.4, 0.5) is 0 Å². The number of rotatable bonds is 5. The number of aromatic amines is 1.